The molecule has 17 nitrogen and oxygen atoms in total. The van der Waals surface area contributed by atoms with Crippen LogP contribution in [0.2, 0.25) is 0 Å². The topological polar surface area (TPSA) is 262 Å². The zero-order valence-corrected chi connectivity index (χ0v) is 31.5. The Labute approximate surface area is 316 Å². The van der Waals surface area contributed by atoms with Gasteiger partial charge in [0.1, 0.15) is 30.2 Å². The van der Waals surface area contributed by atoms with Crippen molar-refractivity contribution in [2.45, 2.75) is 121 Å². The van der Waals surface area contributed by atoms with Crippen LogP contribution in [-0.4, -0.2) is 120 Å². The molecule has 5 atom stereocenters. The number of para-hydroxylation sites is 1. The van der Waals surface area contributed by atoms with Crippen molar-refractivity contribution >= 4 is 47.1 Å². The van der Waals surface area contributed by atoms with Crippen LogP contribution in [0.3, 0.4) is 0 Å². The molecule has 6 amide bonds. The zero-order chi connectivity index (χ0) is 39.5. The molecule has 1 aromatic rings. The SMILES string of the molecule is CC(=O)N[C@@H](CC1CCCCC1)C(=O)N[C@@H](CCCN=C(N)N)C(=O)N(C)[C@@H](C)C(=O)NC1CCc2cccc3c2N(C1=O)C(C(=O)NC(CO)CO)C3. The molecule has 0 aromatic heterocycles. The van der Waals surface area contributed by atoms with E-state index in [4.69, 9.17) is 11.5 Å². The van der Waals surface area contributed by atoms with Crippen LogP contribution in [0.1, 0.15) is 82.8 Å². The Hall–Kier alpha value is -4.77. The smallest absolute Gasteiger partial charge is 0.250 e. The number of aliphatic hydroxyl groups excluding tert-OH is 2. The van der Waals surface area contributed by atoms with Gasteiger partial charge in [0.25, 0.3) is 0 Å². The first-order valence-corrected chi connectivity index (χ1v) is 18.9. The number of aliphatic hydroxyl groups is 2. The van der Waals surface area contributed by atoms with Gasteiger partial charge in [-0.3, -0.25) is 38.7 Å². The highest BCUT2D eigenvalue weighted by Crippen LogP contribution is 2.39. The van der Waals surface area contributed by atoms with Crippen LogP contribution in [0.4, 0.5) is 5.69 Å². The quantitative estimate of drug-likeness (QED) is 0.0530. The van der Waals surface area contributed by atoms with Gasteiger partial charge in [0, 0.05) is 26.9 Å². The highest BCUT2D eigenvalue weighted by Gasteiger charge is 2.45. The lowest BCUT2D eigenvalue weighted by Gasteiger charge is -2.32. The summed E-state index contributed by atoms with van der Waals surface area (Å²) in [7, 11) is 1.44. The molecule has 54 heavy (non-hydrogen) atoms. The Bertz CT molecular complexity index is 1560. The van der Waals surface area contributed by atoms with Crippen LogP contribution in [0.5, 0.6) is 0 Å². The van der Waals surface area contributed by atoms with E-state index in [9.17, 15) is 39.0 Å². The Kier molecular flexibility index (Phi) is 15.2. The molecule has 17 heteroatoms. The van der Waals surface area contributed by atoms with Crippen LogP contribution in [-0.2, 0) is 41.6 Å². The molecule has 1 aliphatic carbocycles. The summed E-state index contributed by atoms with van der Waals surface area (Å²) in [5.41, 5.74) is 13.2. The standard InChI is InChI=1S/C37H57N9O8/c1-21(32(50)43-28-15-14-24-11-7-12-25-18-30(46(31(24)25)36(28)54)34(52)42-26(19-47)20-48)45(3)35(53)27(13-8-16-40-37(38)39)44-33(51)29(41-22(2)49)17-23-9-5-4-6-10-23/h7,11-12,21,23,26-30,47-48H,4-6,8-10,13-20H2,1-3H3,(H,41,49)(H,42,52)(H,43,50)(H,44,51)(H4,38,39,40)/t21-,27-,28?,29-,30?/m0/s1. The molecule has 1 saturated carbocycles. The number of nitrogens with zero attached hydrogens (tertiary/aromatic N) is 3. The van der Waals surface area contributed by atoms with Crippen LogP contribution >= 0.6 is 0 Å². The van der Waals surface area contributed by atoms with Crippen LogP contribution in [0, 0.1) is 5.92 Å². The minimum absolute atomic E-state index is 0.115. The van der Waals surface area contributed by atoms with Gasteiger partial charge < -0.3 is 47.8 Å². The normalized spacial score (nSPS) is 19.8. The Morgan fingerprint density at radius 3 is 2.30 bits per heavy atom. The first kappa shape index (κ1) is 42.0. The molecular formula is C37H57N9O8. The van der Waals surface area contributed by atoms with E-state index in [1.54, 1.807) is 0 Å². The predicted octanol–water partition coefficient (Wildman–Crippen LogP) is -1.29. The zero-order valence-electron chi connectivity index (χ0n) is 31.5. The lowest BCUT2D eigenvalue weighted by Crippen LogP contribution is -2.59. The number of carbonyl (C=O) groups excluding carboxylic acids is 6. The van der Waals surface area contributed by atoms with Crippen LogP contribution < -0.4 is 37.6 Å². The third-order valence-corrected chi connectivity index (χ3v) is 10.7. The first-order valence-electron chi connectivity index (χ1n) is 18.9. The summed E-state index contributed by atoms with van der Waals surface area (Å²) >= 11 is 0. The molecule has 4 rings (SSSR count). The fraction of sp³-hybridized carbons (Fsp3) is 0.649. The number of anilines is 1. The molecule has 1 fully saturated rings. The fourth-order valence-corrected chi connectivity index (χ4v) is 7.59. The molecule has 0 saturated heterocycles. The number of amides is 6. The summed E-state index contributed by atoms with van der Waals surface area (Å²) in [6.07, 6.45) is 6.96. The molecule has 3 aliphatic rings. The fourth-order valence-electron chi connectivity index (χ4n) is 7.59. The molecule has 10 N–H and O–H groups in total. The van der Waals surface area contributed by atoms with Crippen molar-refractivity contribution in [3.8, 4) is 0 Å². The number of carbonyl (C=O) groups is 6. The number of aliphatic imine (C=N–C) groups is 1. The van der Waals surface area contributed by atoms with Crippen molar-refractivity contribution in [2.24, 2.45) is 22.4 Å². The number of likely N-dealkylation sites (N-methyl/N-ethyl adjacent to an activating group) is 1. The van der Waals surface area contributed by atoms with Crippen molar-refractivity contribution in [1.29, 1.82) is 0 Å². The van der Waals surface area contributed by atoms with Crippen molar-refractivity contribution in [3.05, 3.63) is 29.3 Å². The molecule has 2 unspecified atom stereocenters. The van der Waals surface area contributed by atoms with E-state index in [1.165, 1.54) is 30.7 Å². The lowest BCUT2D eigenvalue weighted by atomic mass is 9.84. The maximum absolute atomic E-state index is 14.1. The highest BCUT2D eigenvalue weighted by molar-refractivity contribution is 6.08. The summed E-state index contributed by atoms with van der Waals surface area (Å²) in [5, 5.41) is 30.0. The molecule has 0 spiro atoms. The maximum Gasteiger partial charge on any atom is 0.250 e. The van der Waals surface area contributed by atoms with E-state index in [2.05, 4.69) is 26.3 Å². The number of hydrogen-bond acceptors (Lipinski definition) is 9. The summed E-state index contributed by atoms with van der Waals surface area (Å²) in [4.78, 5) is 87.6. The van der Waals surface area contributed by atoms with Crippen molar-refractivity contribution < 1.29 is 39.0 Å². The van der Waals surface area contributed by atoms with E-state index in [1.807, 2.05) is 18.2 Å². The number of rotatable bonds is 17. The molecule has 1 aromatic carbocycles. The van der Waals surface area contributed by atoms with Gasteiger partial charge in [0.05, 0.1) is 24.9 Å². The second-order valence-electron chi connectivity index (χ2n) is 14.7. The second kappa shape index (κ2) is 19.5. The van der Waals surface area contributed by atoms with E-state index in [0.29, 0.717) is 24.9 Å². The van der Waals surface area contributed by atoms with Crippen molar-refractivity contribution in [3.63, 3.8) is 0 Å². The molecule has 298 valence electrons. The monoisotopic (exact) mass is 755 g/mol. The summed E-state index contributed by atoms with van der Waals surface area (Å²) < 4.78 is 0. The minimum Gasteiger partial charge on any atom is -0.394 e. The third kappa shape index (κ3) is 10.7. The molecule has 2 aliphatic heterocycles. The van der Waals surface area contributed by atoms with Crippen LogP contribution in [0.15, 0.2) is 23.2 Å². The number of nitrogens with two attached hydrogens (primary N) is 2. The lowest BCUT2D eigenvalue weighted by molar-refractivity contribution is -0.142. The summed E-state index contributed by atoms with van der Waals surface area (Å²) in [6, 6.07) is -0.333. The Morgan fingerprint density at radius 2 is 1.65 bits per heavy atom. The van der Waals surface area contributed by atoms with Gasteiger partial charge in [-0.25, -0.2) is 0 Å². The number of guanidine groups is 1. The number of nitrogens with one attached hydrogen (secondary N) is 4. The number of hydrogen-bond donors (Lipinski definition) is 8. The van der Waals surface area contributed by atoms with Gasteiger partial charge in [0.15, 0.2) is 5.96 Å². The van der Waals surface area contributed by atoms with E-state index in [0.717, 1.165) is 43.2 Å². The van der Waals surface area contributed by atoms with E-state index < -0.39 is 79.0 Å². The van der Waals surface area contributed by atoms with Gasteiger partial charge >= 0.3 is 0 Å². The van der Waals surface area contributed by atoms with E-state index in [-0.39, 0.29) is 43.6 Å². The highest BCUT2D eigenvalue weighted by atomic mass is 16.3. The Morgan fingerprint density at radius 1 is 0.963 bits per heavy atom. The molecule has 0 radical (unpaired) electrons. The van der Waals surface area contributed by atoms with Crippen molar-refractivity contribution in [2.75, 3.05) is 31.7 Å². The van der Waals surface area contributed by atoms with Gasteiger partial charge in [0.2, 0.25) is 35.4 Å². The predicted molar refractivity (Wildman–Crippen MR) is 201 cm³/mol. The molecular weight excluding hydrogens is 698 g/mol. The van der Waals surface area contributed by atoms with E-state index >= 15 is 0 Å². The van der Waals surface area contributed by atoms with Crippen LogP contribution in [0.25, 0.3) is 0 Å². The maximum atomic E-state index is 14.1. The third-order valence-electron chi connectivity index (χ3n) is 10.7. The summed E-state index contributed by atoms with van der Waals surface area (Å²) in [6.45, 7) is 2.08. The second-order valence-corrected chi connectivity index (χ2v) is 14.7. The minimum atomic E-state index is -1.08. The average Bonchev–Trinajstić information content (AvgIpc) is 3.49. The van der Waals surface area contributed by atoms with Gasteiger partial charge in [-0.15, -0.1) is 0 Å². The first-order chi connectivity index (χ1) is 25.7. The average molecular weight is 756 g/mol. The Balaban J connectivity index is 1.48. The van der Waals surface area contributed by atoms with Crippen molar-refractivity contribution in [1.82, 2.24) is 26.2 Å². The van der Waals surface area contributed by atoms with Gasteiger partial charge in [-0.05, 0) is 56.1 Å². The molecule has 0 bridgehead atoms. The molecule has 2 heterocycles. The largest absolute Gasteiger partial charge is 0.394 e. The number of aryl methyl sites for hydroxylation is 1. The van der Waals surface area contributed by atoms with Gasteiger partial charge in [-0.1, -0.05) is 50.3 Å². The van der Waals surface area contributed by atoms with Gasteiger partial charge in [-0.2, -0.15) is 0 Å². The summed E-state index contributed by atoms with van der Waals surface area (Å²) in [5.74, 6) is -2.93. The number of benzene rings is 1.